The van der Waals surface area contributed by atoms with E-state index in [0.717, 1.165) is 29.4 Å². The van der Waals surface area contributed by atoms with Crippen molar-refractivity contribution in [3.05, 3.63) is 0 Å². The maximum Gasteiger partial charge on any atom is 0.00698 e. The van der Waals surface area contributed by atoms with E-state index in [2.05, 4.69) is 45.2 Å². The lowest BCUT2D eigenvalue weighted by atomic mass is 9.72. The second-order valence-electron chi connectivity index (χ2n) is 9.56. The van der Waals surface area contributed by atoms with Crippen LogP contribution in [0.4, 0.5) is 0 Å². The monoisotopic (exact) mass is 397 g/mol. The first-order chi connectivity index (χ1) is 13.1. The van der Waals surface area contributed by atoms with Crippen LogP contribution in [-0.2, 0) is 0 Å². The van der Waals surface area contributed by atoms with Crippen molar-refractivity contribution in [3.8, 4) is 0 Å². The Labute approximate surface area is 177 Å². The third-order valence-corrected chi connectivity index (χ3v) is 7.42. The normalized spacial score (nSPS) is 19.9. The summed E-state index contributed by atoms with van der Waals surface area (Å²) in [7, 11) is 0. The molecule has 3 atom stereocenters. The molecule has 0 bridgehead atoms. The van der Waals surface area contributed by atoms with Crippen LogP contribution >= 0.6 is 12.6 Å². The molecule has 0 amide bonds. The van der Waals surface area contributed by atoms with E-state index >= 15 is 0 Å². The van der Waals surface area contributed by atoms with Crippen LogP contribution in [-0.4, -0.2) is 30.3 Å². The van der Waals surface area contributed by atoms with Crippen molar-refractivity contribution in [1.29, 1.82) is 0 Å². The van der Waals surface area contributed by atoms with Crippen molar-refractivity contribution in [3.63, 3.8) is 0 Å². The van der Waals surface area contributed by atoms with Gasteiger partial charge >= 0.3 is 0 Å². The highest BCUT2D eigenvalue weighted by atomic mass is 32.1. The molecule has 0 aromatic heterocycles. The fraction of sp³-hybridized carbons (Fsp3) is 1.00. The zero-order valence-corrected chi connectivity index (χ0v) is 20.1. The molecule has 0 N–H and O–H groups in total. The van der Waals surface area contributed by atoms with Gasteiger partial charge in [0.25, 0.3) is 0 Å². The minimum Gasteiger partial charge on any atom is -0.303 e. The molecular weight excluding hydrogens is 346 g/mol. The van der Waals surface area contributed by atoms with Gasteiger partial charge in [-0.15, -0.1) is 0 Å². The Kier molecular flexibility index (Phi) is 15.2. The van der Waals surface area contributed by atoms with Crippen LogP contribution in [0.5, 0.6) is 0 Å². The second-order valence-corrected chi connectivity index (χ2v) is 10.0. The largest absolute Gasteiger partial charge is 0.303 e. The summed E-state index contributed by atoms with van der Waals surface area (Å²) in [6, 6.07) is 0. The molecule has 1 aliphatic heterocycles. The molecule has 0 aromatic rings. The van der Waals surface area contributed by atoms with Crippen molar-refractivity contribution >= 4 is 12.6 Å². The summed E-state index contributed by atoms with van der Waals surface area (Å²) in [5.41, 5.74) is 0. The number of unbranched alkanes of at least 4 members (excludes halogenated alkanes) is 6. The van der Waals surface area contributed by atoms with Crippen LogP contribution in [0.25, 0.3) is 0 Å². The summed E-state index contributed by atoms with van der Waals surface area (Å²) in [4.78, 5) is 2.63. The van der Waals surface area contributed by atoms with Gasteiger partial charge in [0.05, 0.1) is 0 Å². The van der Waals surface area contributed by atoms with Gasteiger partial charge < -0.3 is 4.90 Å². The number of likely N-dealkylation sites (tertiary alicyclic amines) is 1. The first kappa shape index (κ1) is 25.3. The SMILES string of the molecule is CCCCCCC(C)CC(CCCCCC)C(C)C1CCN(CCS)CC1. The summed E-state index contributed by atoms with van der Waals surface area (Å²) >= 11 is 4.42. The third-order valence-electron chi connectivity index (χ3n) is 7.22. The standard InChI is InChI=1S/C25H51NS/c1-5-7-9-11-13-22(3)21-25(14-12-10-8-6-2)23(4)24-15-17-26(18-16-24)19-20-27/h22-25,27H,5-21H2,1-4H3. The number of piperidine rings is 1. The van der Waals surface area contributed by atoms with Crippen LogP contribution in [0, 0.1) is 23.7 Å². The Hall–Kier alpha value is 0.310. The Morgan fingerprint density at radius 2 is 1.44 bits per heavy atom. The molecule has 0 radical (unpaired) electrons. The van der Waals surface area contributed by atoms with Crippen LogP contribution in [0.15, 0.2) is 0 Å². The van der Waals surface area contributed by atoms with Crippen LogP contribution in [0.1, 0.15) is 111 Å². The van der Waals surface area contributed by atoms with Crippen molar-refractivity contribution in [2.45, 2.75) is 111 Å². The lowest BCUT2D eigenvalue weighted by molar-refractivity contribution is 0.114. The van der Waals surface area contributed by atoms with Gasteiger partial charge in [-0.25, -0.2) is 0 Å². The third kappa shape index (κ3) is 11.2. The molecule has 2 heteroatoms. The van der Waals surface area contributed by atoms with Gasteiger partial charge in [0.1, 0.15) is 0 Å². The first-order valence-electron chi connectivity index (χ1n) is 12.4. The van der Waals surface area contributed by atoms with Gasteiger partial charge in [0.2, 0.25) is 0 Å². The highest BCUT2D eigenvalue weighted by Gasteiger charge is 2.29. The Morgan fingerprint density at radius 3 is 2.00 bits per heavy atom. The Balaban J connectivity index is 2.48. The molecule has 1 fully saturated rings. The molecule has 1 aliphatic rings. The number of hydrogen-bond acceptors (Lipinski definition) is 2. The van der Waals surface area contributed by atoms with E-state index in [-0.39, 0.29) is 0 Å². The fourth-order valence-electron chi connectivity index (χ4n) is 5.21. The highest BCUT2D eigenvalue weighted by molar-refractivity contribution is 7.80. The molecule has 3 unspecified atom stereocenters. The second kappa shape index (κ2) is 16.1. The van der Waals surface area contributed by atoms with Gasteiger partial charge in [0, 0.05) is 12.3 Å². The maximum atomic E-state index is 4.42. The average molecular weight is 398 g/mol. The number of hydrogen-bond donors (Lipinski definition) is 1. The Bertz CT molecular complexity index is 324. The smallest absolute Gasteiger partial charge is 0.00698 e. The van der Waals surface area contributed by atoms with Crippen LogP contribution in [0.3, 0.4) is 0 Å². The Morgan fingerprint density at radius 1 is 0.852 bits per heavy atom. The fourth-order valence-corrected chi connectivity index (χ4v) is 5.49. The topological polar surface area (TPSA) is 3.24 Å². The lowest BCUT2D eigenvalue weighted by Gasteiger charge is -2.38. The number of thiol groups is 1. The van der Waals surface area contributed by atoms with Gasteiger partial charge in [0.15, 0.2) is 0 Å². The zero-order chi connectivity index (χ0) is 19.9. The average Bonchev–Trinajstić information content (AvgIpc) is 2.68. The summed E-state index contributed by atoms with van der Waals surface area (Å²) in [6.07, 6.45) is 18.6. The maximum absolute atomic E-state index is 4.42. The van der Waals surface area contributed by atoms with Crippen molar-refractivity contribution in [1.82, 2.24) is 4.90 Å². The zero-order valence-electron chi connectivity index (χ0n) is 19.2. The number of rotatable bonds is 16. The summed E-state index contributed by atoms with van der Waals surface area (Å²) < 4.78 is 0. The molecule has 0 aliphatic carbocycles. The van der Waals surface area contributed by atoms with Crippen molar-refractivity contribution < 1.29 is 0 Å². The van der Waals surface area contributed by atoms with E-state index in [4.69, 9.17) is 0 Å². The summed E-state index contributed by atoms with van der Waals surface area (Å²) in [5.74, 6) is 4.78. The quantitative estimate of drug-likeness (QED) is 0.205. The molecular formula is C25H51NS. The van der Waals surface area contributed by atoms with Crippen molar-refractivity contribution in [2.75, 3.05) is 25.4 Å². The van der Waals surface area contributed by atoms with E-state index in [9.17, 15) is 0 Å². The molecule has 1 nitrogen and oxygen atoms in total. The van der Waals surface area contributed by atoms with E-state index in [1.807, 2.05) is 0 Å². The molecule has 27 heavy (non-hydrogen) atoms. The molecule has 162 valence electrons. The van der Waals surface area contributed by atoms with E-state index in [1.165, 1.54) is 103 Å². The predicted octanol–water partition coefficient (Wildman–Crippen LogP) is 7.85. The highest BCUT2D eigenvalue weighted by Crippen LogP contribution is 2.37. The summed E-state index contributed by atoms with van der Waals surface area (Å²) in [5, 5.41) is 0. The van der Waals surface area contributed by atoms with E-state index in [0.29, 0.717) is 0 Å². The van der Waals surface area contributed by atoms with Gasteiger partial charge in [-0.05, 0) is 56.0 Å². The van der Waals surface area contributed by atoms with Crippen LogP contribution < -0.4 is 0 Å². The minimum absolute atomic E-state index is 0.919. The van der Waals surface area contributed by atoms with Crippen molar-refractivity contribution in [2.24, 2.45) is 23.7 Å². The first-order valence-corrected chi connectivity index (χ1v) is 13.1. The van der Waals surface area contributed by atoms with Gasteiger partial charge in [-0.1, -0.05) is 91.9 Å². The van der Waals surface area contributed by atoms with Crippen LogP contribution in [0.2, 0.25) is 0 Å². The van der Waals surface area contributed by atoms with E-state index < -0.39 is 0 Å². The van der Waals surface area contributed by atoms with Gasteiger partial charge in [-0.2, -0.15) is 12.6 Å². The van der Waals surface area contributed by atoms with Gasteiger partial charge in [-0.3, -0.25) is 0 Å². The molecule has 1 heterocycles. The predicted molar refractivity (Wildman–Crippen MR) is 127 cm³/mol. The van der Waals surface area contributed by atoms with E-state index in [1.54, 1.807) is 0 Å². The molecule has 1 saturated heterocycles. The molecule has 0 saturated carbocycles. The molecule has 0 aromatic carbocycles. The summed E-state index contributed by atoms with van der Waals surface area (Å²) in [6.45, 7) is 13.6. The molecule has 1 rings (SSSR count). The minimum atomic E-state index is 0.919. The number of nitrogens with zero attached hydrogens (tertiary/aromatic N) is 1. The lowest BCUT2D eigenvalue weighted by Crippen LogP contribution is -2.38. The molecule has 0 spiro atoms.